The van der Waals surface area contributed by atoms with Crippen LogP contribution in [0.5, 0.6) is 5.75 Å². The molecule has 12 nitrogen and oxygen atoms in total. The predicted molar refractivity (Wildman–Crippen MR) is 215 cm³/mol. The van der Waals surface area contributed by atoms with Crippen LogP contribution in [-0.4, -0.2) is 83.1 Å². The Balaban J connectivity index is 1.45. The second-order valence-corrected chi connectivity index (χ2v) is 15.6. The van der Waals surface area contributed by atoms with Crippen LogP contribution in [0.15, 0.2) is 73.1 Å². The number of methoxy groups -OCH3 is 1. The molecule has 2 heterocycles. The fraction of sp³-hybridized carbons (Fsp3) is 0.452. The zero-order chi connectivity index (χ0) is 39.8. The molecule has 3 atom stereocenters. The largest absolute Gasteiger partial charge is 0.494 e. The molecular weight excluding hydrogens is 719 g/mol. The zero-order valence-corrected chi connectivity index (χ0v) is 33.3. The summed E-state index contributed by atoms with van der Waals surface area (Å²) in [6, 6.07) is 16.8. The van der Waals surface area contributed by atoms with Crippen LogP contribution in [0.2, 0.25) is 0 Å². The summed E-state index contributed by atoms with van der Waals surface area (Å²) in [5.74, 6) is -0.852. The van der Waals surface area contributed by atoms with Crippen LogP contribution >= 0.6 is 11.3 Å². The Morgan fingerprint density at radius 3 is 2.15 bits per heavy atom. The van der Waals surface area contributed by atoms with Crippen molar-refractivity contribution in [2.75, 3.05) is 26.9 Å². The second-order valence-electron chi connectivity index (χ2n) is 14.5. The lowest BCUT2D eigenvalue weighted by Gasteiger charge is -2.28. The lowest BCUT2D eigenvalue weighted by molar-refractivity contribution is -0.140. The van der Waals surface area contributed by atoms with E-state index in [-0.39, 0.29) is 25.0 Å². The first-order valence-electron chi connectivity index (χ1n) is 18.9. The number of nitrogens with zero attached hydrogens (tertiary/aromatic N) is 2. The van der Waals surface area contributed by atoms with Gasteiger partial charge in [0.1, 0.15) is 12.0 Å². The van der Waals surface area contributed by atoms with Gasteiger partial charge < -0.3 is 30.3 Å². The van der Waals surface area contributed by atoms with Crippen LogP contribution in [0.3, 0.4) is 0 Å². The van der Waals surface area contributed by atoms with Crippen molar-refractivity contribution >= 4 is 29.1 Å². The number of ether oxygens (including phenoxy) is 2. The highest BCUT2D eigenvalue weighted by Gasteiger charge is 2.30. The number of thiophene rings is 1. The van der Waals surface area contributed by atoms with Gasteiger partial charge in [0, 0.05) is 42.1 Å². The summed E-state index contributed by atoms with van der Waals surface area (Å²) in [6.07, 6.45) is 7.63. The lowest BCUT2D eigenvalue weighted by atomic mass is 9.95. The first-order valence-corrected chi connectivity index (χ1v) is 19.7. The fourth-order valence-electron chi connectivity index (χ4n) is 5.78. The molecule has 4 aromatic rings. The third-order valence-electron chi connectivity index (χ3n) is 8.96. The Morgan fingerprint density at radius 2 is 1.53 bits per heavy atom. The van der Waals surface area contributed by atoms with Crippen molar-refractivity contribution in [3.63, 3.8) is 0 Å². The SMILES string of the molecule is CCCCCCCOc1ccc(-c2cnc(-c3ccc(C[C@H](NC(=O)c4ccc(C(C)(C)C)s4)C(O)N[C@@H](CC(=O)O)C(=O)NCCOC)cc3)nc2)cc1. The van der Waals surface area contributed by atoms with E-state index < -0.39 is 42.5 Å². The fourth-order valence-corrected chi connectivity index (χ4v) is 6.74. The second kappa shape index (κ2) is 21.4. The van der Waals surface area contributed by atoms with Crippen molar-refractivity contribution in [3.05, 3.63) is 88.4 Å². The first kappa shape index (κ1) is 43.0. The topological polar surface area (TPSA) is 172 Å². The van der Waals surface area contributed by atoms with Crippen LogP contribution < -0.4 is 20.7 Å². The van der Waals surface area contributed by atoms with E-state index >= 15 is 0 Å². The standard InChI is InChI=1S/C42H55N5O7S/c1-6-7-8-9-10-22-54-32-17-15-29(16-18-32)31-26-44-38(45-27-31)30-13-11-28(12-14-30)24-33(47-41(52)35-19-20-36(55-35)42(2,3)4)40(51)46-34(25-37(48)49)39(50)43-21-23-53-5/h11-20,26-27,33-34,40,46,51H,6-10,21-25H2,1-5H3,(H,43,50)(H,47,52)(H,48,49)/t33-,34-,40?/m0/s1. The molecule has 296 valence electrons. The number of carbonyl (C=O) groups is 3. The van der Waals surface area contributed by atoms with Crippen molar-refractivity contribution in [1.82, 2.24) is 25.9 Å². The molecular formula is C42H55N5O7S. The Labute approximate surface area is 328 Å². The minimum absolute atomic E-state index is 0.149. The molecule has 0 spiro atoms. The zero-order valence-electron chi connectivity index (χ0n) is 32.5. The maximum atomic E-state index is 13.5. The number of amides is 2. The molecule has 2 aromatic carbocycles. The molecule has 55 heavy (non-hydrogen) atoms. The van der Waals surface area contributed by atoms with Crippen molar-refractivity contribution in [3.8, 4) is 28.3 Å². The van der Waals surface area contributed by atoms with Crippen LogP contribution in [0.25, 0.3) is 22.5 Å². The van der Waals surface area contributed by atoms with Crippen LogP contribution in [0, 0.1) is 0 Å². The van der Waals surface area contributed by atoms with Gasteiger partial charge in [-0.2, -0.15) is 0 Å². The number of rotatable bonds is 22. The van der Waals surface area contributed by atoms with E-state index in [1.165, 1.54) is 44.1 Å². The summed E-state index contributed by atoms with van der Waals surface area (Å²) in [7, 11) is 1.48. The highest BCUT2D eigenvalue weighted by atomic mass is 32.1. The summed E-state index contributed by atoms with van der Waals surface area (Å²) in [4.78, 5) is 48.7. The monoisotopic (exact) mass is 773 g/mol. The number of unbranched alkanes of at least 4 members (excludes halogenated alkanes) is 4. The van der Waals surface area contributed by atoms with Crippen molar-refractivity contribution in [2.24, 2.45) is 0 Å². The van der Waals surface area contributed by atoms with E-state index in [1.54, 1.807) is 18.5 Å². The van der Waals surface area contributed by atoms with Crippen molar-refractivity contribution < 1.29 is 34.1 Å². The molecule has 4 rings (SSSR count). The van der Waals surface area contributed by atoms with Crippen LogP contribution in [0.1, 0.15) is 86.3 Å². The normalized spacial score (nSPS) is 13.1. The molecule has 2 amide bonds. The molecule has 0 aliphatic carbocycles. The van der Waals surface area contributed by atoms with Crippen molar-refractivity contribution in [1.29, 1.82) is 0 Å². The molecule has 0 bridgehead atoms. The first-order chi connectivity index (χ1) is 26.4. The van der Waals surface area contributed by atoms with Gasteiger partial charge in [-0.3, -0.25) is 19.7 Å². The highest BCUT2D eigenvalue weighted by molar-refractivity contribution is 7.14. The number of carboxylic acid groups (broad SMARTS) is 1. The molecule has 0 saturated carbocycles. The van der Waals surface area contributed by atoms with Gasteiger partial charge in [-0.1, -0.05) is 89.8 Å². The minimum Gasteiger partial charge on any atom is -0.494 e. The molecule has 0 radical (unpaired) electrons. The minimum atomic E-state index is -1.48. The molecule has 0 aliphatic heterocycles. The van der Waals surface area contributed by atoms with Gasteiger partial charge in [0.15, 0.2) is 5.82 Å². The summed E-state index contributed by atoms with van der Waals surface area (Å²) >= 11 is 1.36. The van der Waals surface area contributed by atoms with E-state index in [0.717, 1.165) is 39.3 Å². The van der Waals surface area contributed by atoms with Crippen molar-refractivity contribution in [2.45, 2.75) is 96.4 Å². The number of aliphatic carboxylic acids is 1. The number of carboxylic acids is 1. The summed E-state index contributed by atoms with van der Waals surface area (Å²) in [6.45, 7) is 9.50. The third kappa shape index (κ3) is 13.8. The Bertz CT molecular complexity index is 1790. The lowest BCUT2D eigenvalue weighted by Crippen LogP contribution is -2.57. The van der Waals surface area contributed by atoms with Crippen LogP contribution in [-0.2, 0) is 26.2 Å². The number of aliphatic hydroxyl groups is 1. The van der Waals surface area contributed by atoms with E-state index in [4.69, 9.17) is 9.47 Å². The maximum absolute atomic E-state index is 13.5. The number of nitrogens with one attached hydrogen (secondary N) is 3. The molecule has 1 unspecified atom stereocenters. The van der Waals surface area contributed by atoms with Gasteiger partial charge in [-0.25, -0.2) is 9.97 Å². The van der Waals surface area contributed by atoms with Gasteiger partial charge >= 0.3 is 5.97 Å². The quantitative estimate of drug-likeness (QED) is 0.0446. The molecule has 0 saturated heterocycles. The van der Waals surface area contributed by atoms with Gasteiger partial charge in [0.2, 0.25) is 5.91 Å². The predicted octanol–water partition coefficient (Wildman–Crippen LogP) is 6.37. The van der Waals surface area contributed by atoms with E-state index in [9.17, 15) is 24.6 Å². The number of hydrogen-bond donors (Lipinski definition) is 5. The van der Waals surface area contributed by atoms with E-state index in [0.29, 0.717) is 17.3 Å². The highest BCUT2D eigenvalue weighted by Crippen LogP contribution is 2.30. The van der Waals surface area contributed by atoms with Gasteiger partial charge in [0.05, 0.1) is 36.6 Å². The molecule has 5 N–H and O–H groups in total. The third-order valence-corrected chi connectivity index (χ3v) is 10.5. The summed E-state index contributed by atoms with van der Waals surface area (Å²) in [5.41, 5.74) is 3.26. The Morgan fingerprint density at radius 1 is 0.855 bits per heavy atom. The number of aromatic nitrogens is 2. The Kier molecular flexibility index (Phi) is 16.8. The average Bonchev–Trinajstić information content (AvgIpc) is 3.68. The van der Waals surface area contributed by atoms with Crippen LogP contribution in [0.4, 0.5) is 0 Å². The van der Waals surface area contributed by atoms with E-state index in [1.807, 2.05) is 54.6 Å². The molecule has 2 aromatic heterocycles. The van der Waals surface area contributed by atoms with Gasteiger partial charge in [-0.05, 0) is 53.6 Å². The van der Waals surface area contributed by atoms with Gasteiger partial charge in [-0.15, -0.1) is 11.3 Å². The van der Waals surface area contributed by atoms with E-state index in [2.05, 4.69) is 53.6 Å². The number of aliphatic hydroxyl groups excluding tert-OH is 1. The van der Waals surface area contributed by atoms with Gasteiger partial charge in [0.25, 0.3) is 5.91 Å². The molecule has 13 heteroatoms. The smallest absolute Gasteiger partial charge is 0.305 e. The molecule has 0 fully saturated rings. The number of hydrogen-bond acceptors (Lipinski definition) is 10. The Hall–Kier alpha value is -4.69. The number of carbonyl (C=O) groups excluding carboxylic acids is 2. The summed E-state index contributed by atoms with van der Waals surface area (Å²) < 4.78 is 10.9. The average molecular weight is 774 g/mol. The summed E-state index contributed by atoms with van der Waals surface area (Å²) in [5, 5.41) is 29.2. The number of benzene rings is 2. The molecule has 0 aliphatic rings. The maximum Gasteiger partial charge on any atom is 0.305 e.